The van der Waals surface area contributed by atoms with E-state index in [1.165, 1.54) is 36.6 Å². The van der Waals surface area contributed by atoms with Gasteiger partial charge in [-0.1, -0.05) is 109 Å². The van der Waals surface area contributed by atoms with Crippen LogP contribution in [0.4, 0.5) is 15.3 Å². The second-order valence-corrected chi connectivity index (χ2v) is 20.5. The van der Waals surface area contributed by atoms with E-state index in [-0.39, 0.29) is 53.2 Å². The third-order valence-electron chi connectivity index (χ3n) is 14.3. The highest BCUT2D eigenvalue weighted by molar-refractivity contribution is 5.87. The SMILES string of the molecule is COC(=O)N[C@H](C(=O)N1CCC[C@H]1c1nc(-c2ccc([C@H]3CC[C@H](c4ccc(-c5c[nH]c([C@@H]6CCCN6C(=O)[C@@H](NC(=O)OC)C(C)C)n5)cc4)N3c3ccc(C(C)(C)C)cc3)cc2)c[nH]1)C(C)C. The van der Waals surface area contributed by atoms with Crippen LogP contribution >= 0.6 is 0 Å². The maximum Gasteiger partial charge on any atom is 0.407 e. The van der Waals surface area contributed by atoms with Gasteiger partial charge in [-0.25, -0.2) is 19.6 Å². The molecule has 366 valence electrons. The molecule has 0 unspecified atom stereocenters. The lowest BCUT2D eigenvalue weighted by atomic mass is 9.87. The molecule has 0 radical (unpaired) electrons. The van der Waals surface area contributed by atoms with E-state index < -0.39 is 24.3 Å². The Morgan fingerprint density at radius 3 is 1.36 bits per heavy atom. The summed E-state index contributed by atoms with van der Waals surface area (Å²) in [7, 11) is 2.60. The van der Waals surface area contributed by atoms with E-state index in [2.05, 4.69) is 119 Å². The number of likely N-dealkylation sites (tertiary alicyclic amines) is 2. The van der Waals surface area contributed by atoms with Gasteiger partial charge in [-0.15, -0.1) is 0 Å². The highest BCUT2D eigenvalue weighted by Gasteiger charge is 2.40. The number of benzene rings is 3. The molecule has 3 aliphatic heterocycles. The minimum Gasteiger partial charge on any atom is -0.453 e. The number of aromatic nitrogens is 4. The van der Waals surface area contributed by atoms with Crippen molar-refractivity contribution >= 4 is 29.7 Å². The van der Waals surface area contributed by atoms with Gasteiger partial charge in [0.05, 0.1) is 49.8 Å². The monoisotopic (exact) mass is 940 g/mol. The summed E-state index contributed by atoms with van der Waals surface area (Å²) < 4.78 is 9.62. The summed E-state index contributed by atoms with van der Waals surface area (Å²) in [5, 5.41) is 5.46. The molecule has 8 rings (SSSR count). The van der Waals surface area contributed by atoms with Crippen molar-refractivity contribution in [3.63, 3.8) is 0 Å². The van der Waals surface area contributed by atoms with Crippen molar-refractivity contribution in [1.29, 1.82) is 0 Å². The van der Waals surface area contributed by atoms with Crippen molar-refractivity contribution in [1.82, 2.24) is 40.4 Å². The fourth-order valence-corrected chi connectivity index (χ4v) is 10.4. The molecule has 2 aromatic heterocycles. The molecule has 3 saturated heterocycles. The molecular weight excluding hydrogens is 871 g/mol. The Balaban J connectivity index is 1.00. The van der Waals surface area contributed by atoms with Gasteiger partial charge in [-0.3, -0.25) is 9.59 Å². The molecule has 3 aliphatic rings. The second-order valence-electron chi connectivity index (χ2n) is 20.5. The van der Waals surface area contributed by atoms with Gasteiger partial charge in [0, 0.05) is 42.3 Å². The van der Waals surface area contributed by atoms with Gasteiger partial charge >= 0.3 is 12.2 Å². The van der Waals surface area contributed by atoms with Crippen LogP contribution in [-0.4, -0.2) is 93.1 Å². The van der Waals surface area contributed by atoms with Crippen LogP contribution in [-0.2, 0) is 24.5 Å². The fourth-order valence-electron chi connectivity index (χ4n) is 10.4. The molecule has 3 aromatic carbocycles. The minimum absolute atomic E-state index is 0.0276. The minimum atomic E-state index is -0.695. The Morgan fingerprint density at radius 1 is 0.594 bits per heavy atom. The number of rotatable bonds is 13. The highest BCUT2D eigenvalue weighted by atomic mass is 16.5. The average Bonchev–Trinajstić information content (AvgIpc) is 4.21. The highest BCUT2D eigenvalue weighted by Crippen LogP contribution is 2.48. The third kappa shape index (κ3) is 10.4. The summed E-state index contributed by atoms with van der Waals surface area (Å²) in [4.78, 5) is 74.7. The Hall–Kier alpha value is -6.64. The van der Waals surface area contributed by atoms with E-state index >= 15 is 0 Å². The van der Waals surface area contributed by atoms with Crippen molar-refractivity contribution in [3.8, 4) is 22.5 Å². The molecule has 69 heavy (non-hydrogen) atoms. The molecule has 5 heterocycles. The standard InChI is InChI=1S/C54H69N9O6/c1-32(2)46(59-52(66)68-8)50(64)61-28-10-12-44(61)48-55-30-40(57-48)34-14-18-36(19-15-34)42-26-27-43(63(42)39-24-22-38(23-25-39)54(5,6)7)37-20-16-35(17-21-37)41-31-56-49(58-41)45-13-11-29-62(45)51(65)47(33(3)4)60-53(67)69-9/h14-25,30-33,42-47H,10-13,26-29H2,1-9H3,(H,55,57)(H,56,58)(H,59,66)(H,60,67)/t42-,43-,44+,45+,46+,47+/m1/s1. The number of nitrogens with one attached hydrogen (secondary N) is 4. The van der Waals surface area contributed by atoms with Crippen LogP contribution in [0.3, 0.4) is 0 Å². The second kappa shape index (κ2) is 20.5. The van der Waals surface area contributed by atoms with Gasteiger partial charge in [0.25, 0.3) is 0 Å². The van der Waals surface area contributed by atoms with Crippen molar-refractivity contribution in [2.45, 2.75) is 129 Å². The van der Waals surface area contributed by atoms with Gasteiger partial charge in [-0.05, 0) is 84.6 Å². The van der Waals surface area contributed by atoms with Gasteiger partial charge < -0.3 is 44.8 Å². The van der Waals surface area contributed by atoms with Crippen LogP contribution in [0.25, 0.3) is 22.5 Å². The Bertz CT molecular complexity index is 2430. The first-order chi connectivity index (χ1) is 33.1. The summed E-state index contributed by atoms with van der Waals surface area (Å²) >= 11 is 0. The topological polar surface area (TPSA) is 178 Å². The van der Waals surface area contributed by atoms with Crippen LogP contribution in [0.15, 0.2) is 85.2 Å². The molecule has 0 saturated carbocycles. The van der Waals surface area contributed by atoms with Crippen molar-refractivity contribution in [2.24, 2.45) is 11.8 Å². The van der Waals surface area contributed by atoms with E-state index in [1.807, 2.05) is 49.9 Å². The quantitative estimate of drug-likeness (QED) is 0.0895. The van der Waals surface area contributed by atoms with Crippen LogP contribution < -0.4 is 15.5 Å². The summed E-state index contributed by atoms with van der Waals surface area (Å²) in [6, 6.07) is 25.0. The smallest absolute Gasteiger partial charge is 0.407 e. The number of nitrogens with zero attached hydrogens (tertiary/aromatic N) is 5. The number of methoxy groups -OCH3 is 2. The van der Waals surface area contributed by atoms with E-state index in [1.54, 1.807) is 0 Å². The van der Waals surface area contributed by atoms with Gasteiger partial charge in [0.2, 0.25) is 11.8 Å². The Kier molecular flexibility index (Phi) is 14.5. The molecule has 0 aliphatic carbocycles. The van der Waals surface area contributed by atoms with Crippen molar-refractivity contribution < 1.29 is 28.7 Å². The molecule has 15 nitrogen and oxygen atoms in total. The lowest BCUT2D eigenvalue weighted by molar-refractivity contribution is -0.136. The number of carbonyl (C=O) groups excluding carboxylic acids is 4. The summed E-state index contributed by atoms with van der Waals surface area (Å²) in [6.45, 7) is 15.6. The lowest BCUT2D eigenvalue weighted by Gasteiger charge is -2.34. The summed E-state index contributed by atoms with van der Waals surface area (Å²) in [5.74, 6) is 0.985. The zero-order chi connectivity index (χ0) is 49.1. The molecule has 0 bridgehead atoms. The fraction of sp³-hybridized carbons (Fsp3) is 0.481. The van der Waals surface area contributed by atoms with Crippen molar-refractivity contribution in [2.75, 3.05) is 32.2 Å². The summed E-state index contributed by atoms with van der Waals surface area (Å²) in [5.41, 5.74) is 8.54. The molecule has 3 fully saturated rings. The normalized spacial score (nSPS) is 20.4. The van der Waals surface area contributed by atoms with Gasteiger partial charge in [0.1, 0.15) is 23.7 Å². The van der Waals surface area contributed by atoms with E-state index in [0.29, 0.717) is 13.1 Å². The molecule has 0 spiro atoms. The predicted octanol–water partition coefficient (Wildman–Crippen LogP) is 9.94. The third-order valence-corrected chi connectivity index (χ3v) is 14.3. The van der Waals surface area contributed by atoms with Crippen LogP contribution in [0.5, 0.6) is 0 Å². The Morgan fingerprint density at radius 2 is 1.00 bits per heavy atom. The molecule has 4 amide bonds. The number of anilines is 1. The number of amides is 4. The van der Waals surface area contributed by atoms with E-state index in [0.717, 1.165) is 72.7 Å². The first-order valence-electron chi connectivity index (χ1n) is 24.6. The zero-order valence-corrected chi connectivity index (χ0v) is 41.5. The Labute approximate surface area is 406 Å². The maximum absolute atomic E-state index is 13.8. The van der Waals surface area contributed by atoms with Crippen LogP contribution in [0, 0.1) is 11.8 Å². The largest absolute Gasteiger partial charge is 0.453 e. The predicted molar refractivity (Wildman–Crippen MR) is 266 cm³/mol. The number of carbonyl (C=O) groups is 4. The number of alkyl carbamates (subject to hydrolysis) is 2. The number of hydrogen-bond acceptors (Lipinski definition) is 9. The molecular formula is C54H69N9O6. The maximum atomic E-state index is 13.8. The first-order valence-corrected chi connectivity index (χ1v) is 24.6. The molecule has 4 N–H and O–H groups in total. The van der Waals surface area contributed by atoms with Crippen LogP contribution in [0.1, 0.15) is 139 Å². The molecule has 15 heteroatoms. The molecule has 5 aromatic rings. The average molecular weight is 940 g/mol. The number of ether oxygens (including phenoxy) is 2. The van der Waals surface area contributed by atoms with Gasteiger partial charge in [-0.2, -0.15) is 0 Å². The number of imidazole rings is 2. The van der Waals surface area contributed by atoms with Crippen molar-refractivity contribution in [3.05, 3.63) is 114 Å². The zero-order valence-electron chi connectivity index (χ0n) is 41.5. The van der Waals surface area contributed by atoms with Crippen LogP contribution in [0.2, 0.25) is 0 Å². The van der Waals surface area contributed by atoms with E-state index in [4.69, 9.17) is 19.4 Å². The number of hydrogen-bond donors (Lipinski definition) is 4. The number of aromatic amines is 2. The van der Waals surface area contributed by atoms with Gasteiger partial charge in [0.15, 0.2) is 0 Å². The number of H-pyrrole nitrogens is 2. The van der Waals surface area contributed by atoms with E-state index in [9.17, 15) is 19.2 Å². The lowest BCUT2D eigenvalue weighted by Crippen LogP contribution is -2.51. The molecule has 6 atom stereocenters. The summed E-state index contributed by atoms with van der Waals surface area (Å²) in [6.07, 6.45) is 7.79. The first kappa shape index (κ1) is 48.8.